The molecule has 156 valence electrons. The van der Waals surface area contributed by atoms with Crippen molar-refractivity contribution in [1.82, 2.24) is 24.3 Å². The van der Waals surface area contributed by atoms with Gasteiger partial charge in [0.1, 0.15) is 5.82 Å². The van der Waals surface area contributed by atoms with Gasteiger partial charge in [0.2, 0.25) is 11.8 Å². The summed E-state index contributed by atoms with van der Waals surface area (Å²) in [7, 11) is 0. The summed E-state index contributed by atoms with van der Waals surface area (Å²) in [6.45, 7) is 8.70. The minimum Gasteiger partial charge on any atom is -0.339 e. The van der Waals surface area contributed by atoms with Gasteiger partial charge in [-0.05, 0) is 25.0 Å². The number of nitrogens with zero attached hydrogens (tertiary/aromatic N) is 5. The molecule has 0 bridgehead atoms. The van der Waals surface area contributed by atoms with E-state index >= 15 is 0 Å². The molecule has 2 aliphatic rings. The minimum absolute atomic E-state index is 0.0950. The number of rotatable bonds is 4. The highest BCUT2D eigenvalue weighted by molar-refractivity contribution is 5.79. The molecule has 1 aromatic heterocycles. The number of carbonyl (C=O) groups excluding carboxylic acids is 2. The topological polar surface area (TPSA) is 61.7 Å². The lowest BCUT2D eigenvalue weighted by molar-refractivity contribution is -0.139. The maximum Gasteiger partial charge on any atom is 0.236 e. The maximum atomic E-state index is 12.7. The standard InChI is InChI=1S/C22H31N5O2/c1-3-21-23-19-6-4-5-7-20(19)27(21)18-8-10-24(11-9-18)16-22(29)26-14-12-25(13-15-26)17(2)28/h4-7,18H,3,8-16H2,1-2H3. The second kappa shape index (κ2) is 8.53. The van der Waals surface area contributed by atoms with Gasteiger partial charge in [0.05, 0.1) is 17.6 Å². The van der Waals surface area contributed by atoms with Crippen molar-refractivity contribution in [2.45, 2.75) is 39.2 Å². The lowest BCUT2D eigenvalue weighted by atomic mass is 10.0. The fourth-order valence-corrected chi connectivity index (χ4v) is 4.65. The lowest BCUT2D eigenvalue weighted by Crippen LogP contribution is -2.52. The van der Waals surface area contributed by atoms with Crippen LogP contribution in [0.15, 0.2) is 24.3 Å². The molecule has 0 unspecified atom stereocenters. The van der Waals surface area contributed by atoms with Crippen molar-refractivity contribution < 1.29 is 9.59 Å². The van der Waals surface area contributed by atoms with Crippen LogP contribution in [-0.2, 0) is 16.0 Å². The van der Waals surface area contributed by atoms with E-state index in [1.165, 1.54) is 5.52 Å². The first-order valence-corrected chi connectivity index (χ1v) is 10.8. The number of aromatic nitrogens is 2. The van der Waals surface area contributed by atoms with E-state index in [2.05, 4.69) is 34.6 Å². The first-order valence-electron chi connectivity index (χ1n) is 10.8. The van der Waals surface area contributed by atoms with E-state index in [1.807, 2.05) is 15.9 Å². The Hall–Kier alpha value is -2.41. The van der Waals surface area contributed by atoms with Crippen LogP contribution in [-0.4, -0.2) is 81.9 Å². The molecular weight excluding hydrogens is 366 g/mol. The van der Waals surface area contributed by atoms with E-state index in [1.54, 1.807) is 6.92 Å². The molecule has 0 N–H and O–H groups in total. The molecule has 2 saturated heterocycles. The summed E-state index contributed by atoms with van der Waals surface area (Å²) in [5.74, 6) is 1.44. The van der Waals surface area contributed by atoms with Gasteiger partial charge in [-0.2, -0.15) is 0 Å². The van der Waals surface area contributed by atoms with Crippen LogP contribution in [0.25, 0.3) is 11.0 Å². The largest absolute Gasteiger partial charge is 0.339 e. The average Bonchev–Trinajstić information content (AvgIpc) is 3.13. The number of aryl methyl sites for hydroxylation is 1. The van der Waals surface area contributed by atoms with E-state index in [9.17, 15) is 9.59 Å². The van der Waals surface area contributed by atoms with E-state index in [0.29, 0.717) is 38.8 Å². The first kappa shape index (κ1) is 19.9. The zero-order valence-corrected chi connectivity index (χ0v) is 17.5. The molecule has 29 heavy (non-hydrogen) atoms. The Balaban J connectivity index is 1.33. The third kappa shape index (κ3) is 4.15. The average molecular weight is 398 g/mol. The van der Waals surface area contributed by atoms with Crippen LogP contribution in [0.2, 0.25) is 0 Å². The Kier molecular flexibility index (Phi) is 5.85. The van der Waals surface area contributed by atoms with Gasteiger partial charge in [-0.15, -0.1) is 0 Å². The first-order chi connectivity index (χ1) is 14.1. The molecule has 3 heterocycles. The maximum absolute atomic E-state index is 12.7. The van der Waals surface area contributed by atoms with Crippen molar-refractivity contribution >= 4 is 22.8 Å². The molecule has 1 aromatic carbocycles. The van der Waals surface area contributed by atoms with Gasteiger partial charge in [-0.3, -0.25) is 14.5 Å². The second-order valence-corrected chi connectivity index (χ2v) is 8.13. The van der Waals surface area contributed by atoms with Crippen LogP contribution in [0, 0.1) is 0 Å². The number of hydrogen-bond acceptors (Lipinski definition) is 4. The number of benzene rings is 1. The number of para-hydroxylation sites is 2. The smallest absolute Gasteiger partial charge is 0.236 e. The molecular formula is C22H31N5O2. The fraction of sp³-hybridized carbons (Fsp3) is 0.591. The highest BCUT2D eigenvalue weighted by atomic mass is 16.2. The quantitative estimate of drug-likeness (QED) is 0.791. The summed E-state index contributed by atoms with van der Waals surface area (Å²) in [6.07, 6.45) is 3.01. The summed E-state index contributed by atoms with van der Waals surface area (Å²) in [4.78, 5) is 35.0. The highest BCUT2D eigenvalue weighted by Crippen LogP contribution is 2.29. The summed E-state index contributed by atoms with van der Waals surface area (Å²) in [5, 5.41) is 0. The summed E-state index contributed by atoms with van der Waals surface area (Å²) < 4.78 is 2.43. The third-order valence-corrected chi connectivity index (χ3v) is 6.34. The number of imidazole rings is 1. The van der Waals surface area contributed by atoms with Gasteiger partial charge in [-0.1, -0.05) is 19.1 Å². The SMILES string of the molecule is CCc1nc2ccccc2n1C1CCN(CC(=O)N2CCN(C(C)=O)CC2)CC1. The van der Waals surface area contributed by atoms with Gasteiger partial charge in [-0.25, -0.2) is 4.98 Å². The molecule has 7 heteroatoms. The van der Waals surface area contributed by atoms with E-state index in [4.69, 9.17) is 4.98 Å². The summed E-state index contributed by atoms with van der Waals surface area (Å²) in [5.41, 5.74) is 2.30. The molecule has 2 aromatic rings. The van der Waals surface area contributed by atoms with Crippen LogP contribution in [0.3, 0.4) is 0 Å². The van der Waals surface area contributed by atoms with Crippen molar-refractivity contribution in [2.75, 3.05) is 45.8 Å². The monoisotopic (exact) mass is 397 g/mol. The van der Waals surface area contributed by atoms with Crippen molar-refractivity contribution in [2.24, 2.45) is 0 Å². The lowest BCUT2D eigenvalue weighted by Gasteiger charge is -2.37. The Labute approximate surface area is 172 Å². The molecule has 0 spiro atoms. The Morgan fingerprint density at radius 2 is 1.66 bits per heavy atom. The minimum atomic E-state index is 0.0950. The summed E-state index contributed by atoms with van der Waals surface area (Å²) in [6, 6.07) is 8.83. The van der Waals surface area contributed by atoms with Crippen LogP contribution >= 0.6 is 0 Å². The number of hydrogen-bond donors (Lipinski definition) is 0. The van der Waals surface area contributed by atoms with Crippen molar-refractivity contribution in [3.8, 4) is 0 Å². The van der Waals surface area contributed by atoms with Crippen LogP contribution in [0.5, 0.6) is 0 Å². The highest BCUT2D eigenvalue weighted by Gasteiger charge is 2.27. The predicted molar refractivity (Wildman–Crippen MR) is 113 cm³/mol. The molecule has 2 amide bonds. The molecule has 2 fully saturated rings. The van der Waals surface area contributed by atoms with Crippen molar-refractivity contribution in [1.29, 1.82) is 0 Å². The van der Waals surface area contributed by atoms with E-state index in [0.717, 1.165) is 43.7 Å². The van der Waals surface area contributed by atoms with Gasteiger partial charge >= 0.3 is 0 Å². The van der Waals surface area contributed by atoms with Crippen LogP contribution in [0.1, 0.15) is 38.6 Å². The summed E-state index contributed by atoms with van der Waals surface area (Å²) >= 11 is 0. The van der Waals surface area contributed by atoms with E-state index < -0.39 is 0 Å². The Morgan fingerprint density at radius 3 is 2.31 bits per heavy atom. The van der Waals surface area contributed by atoms with Gasteiger partial charge < -0.3 is 14.4 Å². The molecule has 0 atom stereocenters. The molecule has 2 aliphatic heterocycles. The molecule has 0 saturated carbocycles. The number of piperazine rings is 1. The van der Waals surface area contributed by atoms with Gasteiger partial charge in [0, 0.05) is 58.7 Å². The molecule has 0 aliphatic carbocycles. The van der Waals surface area contributed by atoms with Crippen molar-refractivity contribution in [3.63, 3.8) is 0 Å². The molecule has 4 rings (SSSR count). The van der Waals surface area contributed by atoms with E-state index in [-0.39, 0.29) is 11.8 Å². The normalized spacial score (nSPS) is 19.1. The zero-order valence-electron chi connectivity index (χ0n) is 17.5. The molecule has 0 radical (unpaired) electrons. The number of carbonyl (C=O) groups is 2. The predicted octanol–water partition coefficient (Wildman–Crippen LogP) is 1.93. The third-order valence-electron chi connectivity index (χ3n) is 6.34. The second-order valence-electron chi connectivity index (χ2n) is 8.13. The number of piperidine rings is 1. The zero-order chi connectivity index (χ0) is 20.4. The van der Waals surface area contributed by atoms with Gasteiger partial charge in [0.15, 0.2) is 0 Å². The number of likely N-dealkylation sites (tertiary alicyclic amines) is 1. The van der Waals surface area contributed by atoms with Crippen LogP contribution in [0.4, 0.5) is 0 Å². The number of amides is 2. The molecule has 7 nitrogen and oxygen atoms in total. The fourth-order valence-electron chi connectivity index (χ4n) is 4.65. The Bertz CT molecular complexity index is 876. The van der Waals surface area contributed by atoms with Crippen molar-refractivity contribution in [3.05, 3.63) is 30.1 Å². The Morgan fingerprint density at radius 1 is 1.00 bits per heavy atom. The number of fused-ring (bicyclic) bond motifs is 1. The van der Waals surface area contributed by atoms with Crippen LogP contribution < -0.4 is 0 Å². The van der Waals surface area contributed by atoms with Gasteiger partial charge in [0.25, 0.3) is 0 Å².